The van der Waals surface area contributed by atoms with E-state index in [9.17, 15) is 9.59 Å². The molecular weight excluding hydrogens is 418 g/mol. The zero-order valence-corrected chi connectivity index (χ0v) is 19.5. The fourth-order valence-corrected chi connectivity index (χ4v) is 3.12. The Bertz CT molecular complexity index is 1040. The number of hydrogen-bond acceptors (Lipinski definition) is 5. The van der Waals surface area contributed by atoms with Crippen LogP contribution in [-0.4, -0.2) is 33.2 Å². The Morgan fingerprint density at radius 1 is 1.00 bits per heavy atom. The highest BCUT2D eigenvalue weighted by Gasteiger charge is 2.15. The van der Waals surface area contributed by atoms with Crippen LogP contribution >= 0.6 is 0 Å². The molecular formula is C25H31N5O3. The van der Waals surface area contributed by atoms with E-state index in [0.29, 0.717) is 30.8 Å². The maximum Gasteiger partial charge on any atom is 0.249 e. The second-order valence-corrected chi connectivity index (χ2v) is 8.89. The molecule has 0 saturated heterocycles. The van der Waals surface area contributed by atoms with Gasteiger partial charge in [0, 0.05) is 17.8 Å². The van der Waals surface area contributed by atoms with Crippen LogP contribution in [0.2, 0.25) is 0 Å². The maximum absolute atomic E-state index is 12.3. The van der Waals surface area contributed by atoms with Crippen molar-refractivity contribution in [2.24, 2.45) is 0 Å². The van der Waals surface area contributed by atoms with Gasteiger partial charge < -0.3 is 15.4 Å². The van der Waals surface area contributed by atoms with Gasteiger partial charge in [-0.1, -0.05) is 32.9 Å². The van der Waals surface area contributed by atoms with Crippen molar-refractivity contribution in [3.8, 4) is 5.75 Å². The lowest BCUT2D eigenvalue weighted by molar-refractivity contribution is -0.119. The molecule has 2 amide bonds. The zero-order valence-electron chi connectivity index (χ0n) is 19.5. The first kappa shape index (κ1) is 24.0. The summed E-state index contributed by atoms with van der Waals surface area (Å²) in [7, 11) is 0. The van der Waals surface area contributed by atoms with Crippen LogP contribution < -0.4 is 15.4 Å². The lowest BCUT2D eigenvalue weighted by Gasteiger charge is -2.19. The summed E-state index contributed by atoms with van der Waals surface area (Å²) in [5.41, 5.74) is 2.66. The van der Waals surface area contributed by atoms with E-state index in [0.717, 1.165) is 5.75 Å². The molecule has 0 fully saturated rings. The van der Waals surface area contributed by atoms with Crippen molar-refractivity contribution in [2.45, 2.75) is 52.0 Å². The van der Waals surface area contributed by atoms with Gasteiger partial charge in [0.25, 0.3) is 0 Å². The summed E-state index contributed by atoms with van der Waals surface area (Å²) in [5, 5.41) is 9.66. The van der Waals surface area contributed by atoms with E-state index in [1.807, 2.05) is 12.1 Å². The molecule has 3 aromatic rings. The second-order valence-electron chi connectivity index (χ2n) is 8.89. The number of rotatable bonds is 9. The number of nitrogens with one attached hydrogen (secondary N) is 2. The van der Waals surface area contributed by atoms with Gasteiger partial charge in [-0.3, -0.25) is 9.59 Å². The number of amides is 2. The molecule has 2 aromatic carbocycles. The van der Waals surface area contributed by atoms with Crippen LogP contribution in [0.5, 0.6) is 5.75 Å². The van der Waals surface area contributed by atoms with Gasteiger partial charge in [0.05, 0.1) is 6.61 Å². The predicted octanol–water partition coefficient (Wildman–Crippen LogP) is 4.57. The molecule has 1 aromatic heterocycles. The van der Waals surface area contributed by atoms with Crippen LogP contribution in [0.1, 0.15) is 52.1 Å². The summed E-state index contributed by atoms with van der Waals surface area (Å²) < 4.78 is 7.22. The summed E-state index contributed by atoms with van der Waals surface area (Å²) in [6, 6.07) is 14.6. The molecule has 1 atom stereocenters. The summed E-state index contributed by atoms with van der Waals surface area (Å²) in [6.07, 6.45) is 3.85. The number of hydrogen-bond donors (Lipinski definition) is 2. The molecule has 0 radical (unpaired) electrons. The molecule has 0 bridgehead atoms. The van der Waals surface area contributed by atoms with Gasteiger partial charge in [-0.15, -0.1) is 0 Å². The Kier molecular flexibility index (Phi) is 7.82. The van der Waals surface area contributed by atoms with Crippen LogP contribution in [0.3, 0.4) is 0 Å². The Labute approximate surface area is 194 Å². The van der Waals surface area contributed by atoms with E-state index in [-0.39, 0.29) is 17.2 Å². The molecule has 0 aliphatic heterocycles. The highest BCUT2D eigenvalue weighted by molar-refractivity contribution is 5.94. The van der Waals surface area contributed by atoms with Crippen LogP contribution in [0.15, 0.2) is 61.2 Å². The first-order valence-corrected chi connectivity index (χ1v) is 11.0. The van der Waals surface area contributed by atoms with Crippen molar-refractivity contribution < 1.29 is 14.3 Å². The minimum atomic E-state index is -0.481. The van der Waals surface area contributed by atoms with Gasteiger partial charge in [0.1, 0.15) is 24.4 Å². The van der Waals surface area contributed by atoms with Gasteiger partial charge in [0.15, 0.2) is 0 Å². The van der Waals surface area contributed by atoms with Crippen LogP contribution in [0, 0.1) is 0 Å². The largest absolute Gasteiger partial charge is 0.494 e. The van der Waals surface area contributed by atoms with Crippen LogP contribution in [-0.2, 0) is 15.0 Å². The number of anilines is 2. The van der Waals surface area contributed by atoms with Crippen molar-refractivity contribution in [1.82, 2.24) is 14.8 Å². The Morgan fingerprint density at radius 3 is 2.21 bits per heavy atom. The number of aromatic nitrogens is 3. The average molecular weight is 450 g/mol. The van der Waals surface area contributed by atoms with Crippen molar-refractivity contribution in [1.29, 1.82) is 0 Å². The number of nitrogens with zero attached hydrogens (tertiary/aromatic N) is 3. The molecule has 8 nitrogen and oxygen atoms in total. The first-order valence-electron chi connectivity index (χ1n) is 11.0. The average Bonchev–Trinajstić information content (AvgIpc) is 3.32. The third-order valence-corrected chi connectivity index (χ3v) is 5.19. The summed E-state index contributed by atoms with van der Waals surface area (Å²) in [6.45, 7) is 8.73. The molecule has 0 aliphatic rings. The maximum atomic E-state index is 12.3. The molecule has 1 heterocycles. The molecule has 33 heavy (non-hydrogen) atoms. The molecule has 1 unspecified atom stereocenters. The number of benzene rings is 2. The molecule has 2 N–H and O–H groups in total. The normalized spacial score (nSPS) is 12.1. The topological polar surface area (TPSA) is 98.1 Å². The summed E-state index contributed by atoms with van der Waals surface area (Å²) >= 11 is 0. The van der Waals surface area contributed by atoms with E-state index in [1.165, 1.54) is 22.9 Å². The number of carbonyl (C=O) groups is 2. The van der Waals surface area contributed by atoms with Gasteiger partial charge in [-0.05, 0) is 60.7 Å². The SMILES string of the molecule is CC(C(=O)Nc1ccc(NC(=O)CCCOc2ccc(C(C)(C)C)cc2)cc1)n1cncn1. The van der Waals surface area contributed by atoms with Crippen molar-refractivity contribution in [2.75, 3.05) is 17.2 Å². The van der Waals surface area contributed by atoms with E-state index in [1.54, 1.807) is 31.2 Å². The Hall–Kier alpha value is -3.68. The Morgan fingerprint density at radius 2 is 1.64 bits per heavy atom. The fraction of sp³-hybridized carbons (Fsp3) is 0.360. The highest BCUT2D eigenvalue weighted by Crippen LogP contribution is 2.24. The fourth-order valence-electron chi connectivity index (χ4n) is 3.12. The first-order chi connectivity index (χ1) is 15.7. The molecule has 8 heteroatoms. The molecule has 0 saturated carbocycles. The van der Waals surface area contributed by atoms with E-state index in [4.69, 9.17) is 4.74 Å². The quantitative estimate of drug-likeness (QED) is 0.466. The smallest absolute Gasteiger partial charge is 0.249 e. The lowest BCUT2D eigenvalue weighted by atomic mass is 9.87. The third-order valence-electron chi connectivity index (χ3n) is 5.19. The lowest BCUT2D eigenvalue weighted by Crippen LogP contribution is -2.24. The van der Waals surface area contributed by atoms with Gasteiger partial charge >= 0.3 is 0 Å². The minimum Gasteiger partial charge on any atom is -0.494 e. The van der Waals surface area contributed by atoms with Gasteiger partial charge in [-0.25, -0.2) is 9.67 Å². The van der Waals surface area contributed by atoms with Crippen LogP contribution in [0.4, 0.5) is 11.4 Å². The van der Waals surface area contributed by atoms with Gasteiger partial charge in [0.2, 0.25) is 11.8 Å². The monoisotopic (exact) mass is 449 g/mol. The van der Waals surface area contributed by atoms with Crippen LogP contribution in [0.25, 0.3) is 0 Å². The zero-order chi connectivity index (χ0) is 23.8. The molecule has 174 valence electrons. The van der Waals surface area contributed by atoms with Gasteiger partial charge in [-0.2, -0.15) is 5.10 Å². The van der Waals surface area contributed by atoms with E-state index < -0.39 is 6.04 Å². The van der Waals surface area contributed by atoms with E-state index >= 15 is 0 Å². The minimum absolute atomic E-state index is 0.0849. The van der Waals surface area contributed by atoms with Crippen molar-refractivity contribution >= 4 is 23.2 Å². The van der Waals surface area contributed by atoms with Crippen molar-refractivity contribution in [3.63, 3.8) is 0 Å². The van der Waals surface area contributed by atoms with E-state index in [2.05, 4.69) is 53.6 Å². The second kappa shape index (κ2) is 10.8. The third kappa shape index (κ3) is 7.17. The summed E-state index contributed by atoms with van der Waals surface area (Å²) in [5.74, 6) is 0.516. The van der Waals surface area contributed by atoms with Crippen molar-refractivity contribution in [3.05, 3.63) is 66.7 Å². The Balaban J connectivity index is 1.38. The number of carbonyl (C=O) groups excluding carboxylic acids is 2. The number of ether oxygens (including phenoxy) is 1. The molecule has 0 aliphatic carbocycles. The standard InChI is InChI=1S/C25H31N5O3/c1-18(30-17-26-16-27-30)24(32)29-21-11-9-20(10-12-21)28-23(31)6-5-15-33-22-13-7-19(8-14-22)25(2,3)4/h7-14,16-18H,5-6,15H2,1-4H3,(H,28,31)(H,29,32). The molecule has 3 rings (SSSR count). The summed E-state index contributed by atoms with van der Waals surface area (Å²) in [4.78, 5) is 28.4. The molecule has 0 spiro atoms. The highest BCUT2D eigenvalue weighted by atomic mass is 16.5. The predicted molar refractivity (Wildman–Crippen MR) is 128 cm³/mol.